The Kier molecular flexibility index (Phi) is 5.08. The zero-order valence-corrected chi connectivity index (χ0v) is 13.5. The minimum absolute atomic E-state index is 0.214. The number of carbonyl (C=O) groups is 1. The molecule has 0 fully saturated rings. The standard InChI is InChI=1S/C19H15ClN2O2/c20-18-12-14(10-11-21-18)19(23)22-13-15-6-4-5-9-17(15)24-16-7-2-1-3-8-16/h1-12H,13H2,(H,22,23). The number of aromatic nitrogens is 1. The summed E-state index contributed by atoms with van der Waals surface area (Å²) in [7, 11) is 0. The number of hydrogen-bond acceptors (Lipinski definition) is 3. The molecule has 1 heterocycles. The van der Waals surface area contributed by atoms with Gasteiger partial charge in [-0.25, -0.2) is 4.98 Å². The highest BCUT2D eigenvalue weighted by molar-refractivity contribution is 6.29. The molecule has 0 spiro atoms. The van der Waals surface area contributed by atoms with Crippen LogP contribution in [0, 0.1) is 0 Å². The molecule has 3 aromatic rings. The van der Waals surface area contributed by atoms with Gasteiger partial charge < -0.3 is 10.1 Å². The van der Waals surface area contributed by atoms with Gasteiger partial charge in [0, 0.05) is 23.9 Å². The second-order valence-corrected chi connectivity index (χ2v) is 5.46. The predicted molar refractivity (Wildman–Crippen MR) is 93.4 cm³/mol. The SMILES string of the molecule is O=C(NCc1ccccc1Oc1ccccc1)c1ccnc(Cl)c1. The number of para-hydroxylation sites is 2. The molecule has 120 valence electrons. The molecule has 0 saturated heterocycles. The lowest BCUT2D eigenvalue weighted by Gasteiger charge is -2.12. The highest BCUT2D eigenvalue weighted by atomic mass is 35.5. The fourth-order valence-corrected chi connectivity index (χ4v) is 2.36. The molecule has 1 amide bonds. The molecule has 0 aliphatic rings. The van der Waals surface area contributed by atoms with Crippen LogP contribution < -0.4 is 10.1 Å². The van der Waals surface area contributed by atoms with E-state index in [-0.39, 0.29) is 11.1 Å². The maximum atomic E-state index is 12.2. The molecule has 1 N–H and O–H groups in total. The molecule has 0 saturated carbocycles. The van der Waals surface area contributed by atoms with Crippen LogP contribution >= 0.6 is 11.6 Å². The average Bonchev–Trinajstić information content (AvgIpc) is 2.61. The van der Waals surface area contributed by atoms with Gasteiger partial charge in [-0.2, -0.15) is 0 Å². The molecule has 0 bridgehead atoms. The van der Waals surface area contributed by atoms with Crippen LogP contribution in [-0.4, -0.2) is 10.9 Å². The maximum Gasteiger partial charge on any atom is 0.251 e. The smallest absolute Gasteiger partial charge is 0.251 e. The van der Waals surface area contributed by atoms with Crippen LogP contribution in [0.25, 0.3) is 0 Å². The van der Waals surface area contributed by atoms with Gasteiger partial charge in [-0.1, -0.05) is 48.0 Å². The molecule has 0 atom stereocenters. The minimum atomic E-state index is -0.214. The fraction of sp³-hybridized carbons (Fsp3) is 0.0526. The quantitative estimate of drug-likeness (QED) is 0.699. The fourth-order valence-electron chi connectivity index (χ4n) is 2.19. The monoisotopic (exact) mass is 338 g/mol. The van der Waals surface area contributed by atoms with Crippen LogP contribution in [0.15, 0.2) is 72.9 Å². The lowest BCUT2D eigenvalue weighted by molar-refractivity contribution is 0.0950. The molecule has 4 nitrogen and oxygen atoms in total. The number of nitrogens with one attached hydrogen (secondary N) is 1. The Morgan fingerprint density at radius 1 is 1.04 bits per heavy atom. The summed E-state index contributed by atoms with van der Waals surface area (Å²) in [6.07, 6.45) is 1.50. The summed E-state index contributed by atoms with van der Waals surface area (Å²) in [6.45, 7) is 0.349. The summed E-state index contributed by atoms with van der Waals surface area (Å²) in [5.74, 6) is 1.24. The van der Waals surface area contributed by atoms with E-state index in [0.717, 1.165) is 11.3 Å². The van der Waals surface area contributed by atoms with Crippen molar-refractivity contribution in [2.75, 3.05) is 0 Å². The van der Waals surface area contributed by atoms with Gasteiger partial charge in [-0.15, -0.1) is 0 Å². The van der Waals surface area contributed by atoms with Gasteiger partial charge >= 0.3 is 0 Å². The van der Waals surface area contributed by atoms with Crippen molar-refractivity contribution in [2.24, 2.45) is 0 Å². The Morgan fingerprint density at radius 3 is 2.58 bits per heavy atom. The zero-order chi connectivity index (χ0) is 16.8. The number of amides is 1. The third-order valence-corrected chi connectivity index (χ3v) is 3.58. The van der Waals surface area contributed by atoms with Crippen molar-refractivity contribution in [1.82, 2.24) is 10.3 Å². The molecule has 0 aliphatic heterocycles. The molecule has 2 aromatic carbocycles. The van der Waals surface area contributed by atoms with Crippen LogP contribution in [0.3, 0.4) is 0 Å². The first kappa shape index (κ1) is 16.0. The van der Waals surface area contributed by atoms with Gasteiger partial charge in [-0.3, -0.25) is 4.79 Å². The summed E-state index contributed by atoms with van der Waals surface area (Å²) in [6, 6.07) is 20.3. The van der Waals surface area contributed by atoms with Crippen molar-refractivity contribution in [3.63, 3.8) is 0 Å². The topological polar surface area (TPSA) is 51.2 Å². The van der Waals surface area contributed by atoms with E-state index in [9.17, 15) is 4.79 Å². The predicted octanol–water partition coefficient (Wildman–Crippen LogP) is 4.46. The number of carbonyl (C=O) groups excluding carboxylic acids is 1. The summed E-state index contributed by atoms with van der Waals surface area (Å²) in [5, 5.41) is 3.15. The van der Waals surface area contributed by atoms with Crippen molar-refractivity contribution in [3.05, 3.63) is 89.2 Å². The number of rotatable bonds is 5. The molecule has 0 radical (unpaired) electrons. The molecule has 5 heteroatoms. The Balaban J connectivity index is 1.70. The first-order valence-corrected chi connectivity index (χ1v) is 7.81. The number of ether oxygens (including phenoxy) is 1. The van der Waals surface area contributed by atoms with Gasteiger partial charge in [-0.05, 0) is 30.3 Å². The van der Waals surface area contributed by atoms with Crippen molar-refractivity contribution >= 4 is 17.5 Å². The van der Waals surface area contributed by atoms with Gasteiger partial charge in [0.15, 0.2) is 0 Å². The lowest BCUT2D eigenvalue weighted by Crippen LogP contribution is -2.23. The number of benzene rings is 2. The second-order valence-electron chi connectivity index (χ2n) is 5.07. The van der Waals surface area contributed by atoms with Crippen molar-refractivity contribution in [3.8, 4) is 11.5 Å². The van der Waals surface area contributed by atoms with Crippen LogP contribution in [0.2, 0.25) is 5.15 Å². The number of pyridine rings is 1. The van der Waals surface area contributed by atoms with E-state index in [1.54, 1.807) is 6.07 Å². The van der Waals surface area contributed by atoms with E-state index in [1.807, 2.05) is 54.6 Å². The maximum absolute atomic E-state index is 12.2. The molecule has 0 aliphatic carbocycles. The van der Waals surface area contributed by atoms with Crippen molar-refractivity contribution in [1.29, 1.82) is 0 Å². The first-order chi connectivity index (χ1) is 11.7. The van der Waals surface area contributed by atoms with E-state index in [0.29, 0.717) is 17.9 Å². The number of nitrogens with zero attached hydrogens (tertiary/aromatic N) is 1. The van der Waals surface area contributed by atoms with Crippen molar-refractivity contribution < 1.29 is 9.53 Å². The summed E-state index contributed by atoms with van der Waals surface area (Å²) < 4.78 is 5.88. The third kappa shape index (κ3) is 4.12. The number of hydrogen-bond donors (Lipinski definition) is 1. The normalized spacial score (nSPS) is 10.2. The molecule has 3 rings (SSSR count). The Hall–Kier alpha value is -2.85. The Bertz CT molecular complexity index is 838. The third-order valence-electron chi connectivity index (χ3n) is 3.37. The largest absolute Gasteiger partial charge is 0.457 e. The summed E-state index contributed by atoms with van der Waals surface area (Å²) in [4.78, 5) is 16.1. The molecular formula is C19H15ClN2O2. The van der Waals surface area contributed by atoms with Crippen LogP contribution in [0.5, 0.6) is 11.5 Å². The highest BCUT2D eigenvalue weighted by Crippen LogP contribution is 2.24. The second kappa shape index (κ2) is 7.62. The number of halogens is 1. The van der Waals surface area contributed by atoms with E-state index >= 15 is 0 Å². The summed E-state index contributed by atoms with van der Waals surface area (Å²) >= 11 is 5.81. The summed E-state index contributed by atoms with van der Waals surface area (Å²) in [5.41, 5.74) is 1.35. The molecule has 1 aromatic heterocycles. The van der Waals surface area contributed by atoms with Gasteiger partial charge in [0.2, 0.25) is 0 Å². The Morgan fingerprint density at radius 2 is 1.79 bits per heavy atom. The minimum Gasteiger partial charge on any atom is -0.457 e. The van der Waals surface area contributed by atoms with Crippen LogP contribution in [-0.2, 0) is 6.54 Å². The Labute approximate surface area is 145 Å². The van der Waals surface area contributed by atoms with E-state index in [2.05, 4.69) is 10.3 Å². The van der Waals surface area contributed by atoms with E-state index in [4.69, 9.17) is 16.3 Å². The van der Waals surface area contributed by atoms with Gasteiger partial charge in [0.25, 0.3) is 5.91 Å². The van der Waals surface area contributed by atoms with Crippen LogP contribution in [0.1, 0.15) is 15.9 Å². The molecule has 24 heavy (non-hydrogen) atoms. The molecule has 0 unspecified atom stereocenters. The molecular weight excluding hydrogens is 324 g/mol. The van der Waals surface area contributed by atoms with E-state index in [1.165, 1.54) is 12.3 Å². The first-order valence-electron chi connectivity index (χ1n) is 7.43. The van der Waals surface area contributed by atoms with Crippen LogP contribution in [0.4, 0.5) is 0 Å². The average molecular weight is 339 g/mol. The van der Waals surface area contributed by atoms with Gasteiger partial charge in [0.1, 0.15) is 16.7 Å². The zero-order valence-electron chi connectivity index (χ0n) is 12.8. The van der Waals surface area contributed by atoms with E-state index < -0.39 is 0 Å². The van der Waals surface area contributed by atoms with Crippen molar-refractivity contribution in [2.45, 2.75) is 6.54 Å². The lowest BCUT2D eigenvalue weighted by atomic mass is 10.2. The van der Waals surface area contributed by atoms with Gasteiger partial charge in [0.05, 0.1) is 0 Å². The highest BCUT2D eigenvalue weighted by Gasteiger charge is 2.09.